The zero-order valence-corrected chi connectivity index (χ0v) is 11.5. The number of nitrogens with two attached hydrogens (primary N) is 1. The maximum Gasteiger partial charge on any atom is 0.121 e. The summed E-state index contributed by atoms with van der Waals surface area (Å²) < 4.78 is 5.19. The van der Waals surface area contributed by atoms with Gasteiger partial charge in [0.05, 0.1) is 40.9 Å². The van der Waals surface area contributed by atoms with Crippen molar-refractivity contribution in [2.24, 2.45) is 0 Å². The quantitative estimate of drug-likeness (QED) is 0.644. The number of anilines is 3. The number of fused-ring (bicyclic) bond motifs is 1. The highest BCUT2D eigenvalue weighted by atomic mass is 35.5. The van der Waals surface area contributed by atoms with Gasteiger partial charge in [0.25, 0.3) is 0 Å². The van der Waals surface area contributed by atoms with E-state index >= 15 is 0 Å². The summed E-state index contributed by atoms with van der Waals surface area (Å²) in [5.41, 5.74) is 9.06. The van der Waals surface area contributed by atoms with Gasteiger partial charge in [-0.2, -0.15) is 5.10 Å². The first kappa shape index (κ1) is 12.6. The fourth-order valence-corrected chi connectivity index (χ4v) is 2.15. The first-order valence-corrected chi connectivity index (χ1v) is 6.38. The summed E-state index contributed by atoms with van der Waals surface area (Å²) in [7, 11) is 1.61. The lowest BCUT2D eigenvalue weighted by Gasteiger charge is -2.12. The maximum absolute atomic E-state index is 6.17. The van der Waals surface area contributed by atoms with Crippen molar-refractivity contribution in [3.63, 3.8) is 0 Å². The number of aromatic nitrogens is 2. The summed E-state index contributed by atoms with van der Waals surface area (Å²) in [5, 5.41) is 11.7. The van der Waals surface area contributed by atoms with Crippen LogP contribution in [0.4, 0.5) is 17.1 Å². The third-order valence-corrected chi connectivity index (χ3v) is 3.38. The molecule has 0 fully saturated rings. The van der Waals surface area contributed by atoms with Gasteiger partial charge in [0, 0.05) is 11.5 Å². The summed E-state index contributed by atoms with van der Waals surface area (Å²) in [6.45, 7) is 0. The standard InChI is InChI=1S/C14H13ClN4O/c1-20-9-2-3-10(15)13(5-9)18-14-6-12-8(4-11(14)16)7-17-19-12/h2-7,18H,16H2,1H3,(H,17,19). The Bertz CT molecular complexity index is 769. The van der Waals surface area contributed by atoms with Crippen molar-refractivity contribution in [1.82, 2.24) is 10.2 Å². The van der Waals surface area contributed by atoms with Crippen molar-refractivity contribution in [3.8, 4) is 5.75 Å². The molecule has 2 aromatic carbocycles. The fraction of sp³-hybridized carbons (Fsp3) is 0.0714. The third-order valence-electron chi connectivity index (χ3n) is 3.05. The predicted octanol–water partition coefficient (Wildman–Crippen LogP) is 3.55. The molecule has 1 aromatic heterocycles. The van der Waals surface area contributed by atoms with E-state index < -0.39 is 0 Å². The van der Waals surface area contributed by atoms with Crippen LogP contribution in [0.2, 0.25) is 5.02 Å². The second kappa shape index (κ2) is 4.94. The number of rotatable bonds is 3. The zero-order chi connectivity index (χ0) is 14.1. The second-order valence-corrected chi connectivity index (χ2v) is 4.77. The molecule has 0 unspecified atom stereocenters. The van der Waals surface area contributed by atoms with Crippen LogP contribution in [0, 0.1) is 0 Å². The van der Waals surface area contributed by atoms with E-state index in [1.807, 2.05) is 18.2 Å². The molecule has 102 valence electrons. The lowest BCUT2D eigenvalue weighted by molar-refractivity contribution is 0.415. The number of H-pyrrole nitrogens is 1. The molecule has 0 atom stereocenters. The Morgan fingerprint density at radius 2 is 2.10 bits per heavy atom. The van der Waals surface area contributed by atoms with Gasteiger partial charge in [-0.25, -0.2) is 0 Å². The van der Waals surface area contributed by atoms with Crippen molar-refractivity contribution < 1.29 is 4.74 Å². The van der Waals surface area contributed by atoms with Crippen LogP contribution in [-0.2, 0) is 0 Å². The molecule has 0 spiro atoms. The number of nitrogen functional groups attached to an aromatic ring is 1. The van der Waals surface area contributed by atoms with Crippen LogP contribution < -0.4 is 15.8 Å². The van der Waals surface area contributed by atoms with E-state index in [9.17, 15) is 0 Å². The average molecular weight is 289 g/mol. The van der Waals surface area contributed by atoms with Crippen molar-refractivity contribution in [2.75, 3.05) is 18.2 Å². The van der Waals surface area contributed by atoms with Gasteiger partial charge in [0.15, 0.2) is 0 Å². The molecule has 0 saturated carbocycles. The highest BCUT2D eigenvalue weighted by Gasteiger charge is 2.07. The SMILES string of the molecule is COc1ccc(Cl)c(Nc2cc3[nH]ncc3cc2N)c1. The van der Waals surface area contributed by atoms with Crippen molar-refractivity contribution >= 4 is 39.6 Å². The first-order valence-electron chi connectivity index (χ1n) is 6.00. The fourth-order valence-electron chi connectivity index (χ4n) is 1.99. The van der Waals surface area contributed by atoms with E-state index in [4.69, 9.17) is 22.1 Å². The van der Waals surface area contributed by atoms with Crippen LogP contribution in [0.1, 0.15) is 0 Å². The van der Waals surface area contributed by atoms with Crippen LogP contribution in [0.5, 0.6) is 5.75 Å². The molecule has 5 nitrogen and oxygen atoms in total. The number of nitrogens with one attached hydrogen (secondary N) is 2. The summed E-state index contributed by atoms with van der Waals surface area (Å²) in [6.07, 6.45) is 1.73. The molecule has 3 aromatic rings. The van der Waals surface area contributed by atoms with E-state index in [2.05, 4.69) is 15.5 Å². The van der Waals surface area contributed by atoms with Crippen molar-refractivity contribution in [2.45, 2.75) is 0 Å². The molecule has 0 amide bonds. The molecule has 20 heavy (non-hydrogen) atoms. The van der Waals surface area contributed by atoms with Crippen LogP contribution in [0.15, 0.2) is 36.5 Å². The summed E-state index contributed by atoms with van der Waals surface area (Å²) >= 11 is 6.17. The predicted molar refractivity (Wildman–Crippen MR) is 81.8 cm³/mol. The Hall–Kier alpha value is -2.40. The second-order valence-electron chi connectivity index (χ2n) is 4.37. The van der Waals surface area contributed by atoms with E-state index in [1.54, 1.807) is 25.4 Å². The number of ether oxygens (including phenoxy) is 1. The van der Waals surface area contributed by atoms with Gasteiger partial charge in [0.1, 0.15) is 5.75 Å². The molecule has 4 N–H and O–H groups in total. The number of benzene rings is 2. The van der Waals surface area contributed by atoms with Crippen LogP contribution in [0.25, 0.3) is 10.9 Å². The number of methoxy groups -OCH3 is 1. The summed E-state index contributed by atoms with van der Waals surface area (Å²) in [5.74, 6) is 0.720. The molecule has 0 aliphatic carbocycles. The minimum absolute atomic E-state index is 0.593. The smallest absolute Gasteiger partial charge is 0.121 e. The van der Waals surface area contributed by atoms with Gasteiger partial charge in [-0.1, -0.05) is 11.6 Å². The van der Waals surface area contributed by atoms with E-state index in [0.717, 1.165) is 28.0 Å². The minimum atomic E-state index is 0.593. The van der Waals surface area contributed by atoms with Gasteiger partial charge in [-0.05, 0) is 24.3 Å². The Morgan fingerprint density at radius 3 is 2.90 bits per heavy atom. The Kier molecular flexibility index (Phi) is 3.12. The molecule has 6 heteroatoms. The van der Waals surface area contributed by atoms with Crippen molar-refractivity contribution in [1.29, 1.82) is 0 Å². The van der Waals surface area contributed by atoms with Gasteiger partial charge in [-0.3, -0.25) is 5.10 Å². The molecule has 0 saturated heterocycles. The molecule has 0 radical (unpaired) electrons. The third kappa shape index (κ3) is 2.23. The lowest BCUT2D eigenvalue weighted by Crippen LogP contribution is -1.97. The molecule has 0 aliphatic heterocycles. The first-order chi connectivity index (χ1) is 9.67. The number of hydrogen-bond donors (Lipinski definition) is 3. The molecule has 3 rings (SSSR count). The van der Waals surface area contributed by atoms with Crippen LogP contribution in [-0.4, -0.2) is 17.3 Å². The van der Waals surface area contributed by atoms with E-state index in [-0.39, 0.29) is 0 Å². The molecule has 0 bridgehead atoms. The number of halogens is 1. The topological polar surface area (TPSA) is 76.0 Å². The van der Waals surface area contributed by atoms with Gasteiger partial charge in [-0.15, -0.1) is 0 Å². The van der Waals surface area contributed by atoms with E-state index in [0.29, 0.717) is 10.7 Å². The van der Waals surface area contributed by atoms with Gasteiger partial charge >= 0.3 is 0 Å². The Labute approximate surface area is 120 Å². The maximum atomic E-state index is 6.17. The minimum Gasteiger partial charge on any atom is -0.497 e. The normalized spacial score (nSPS) is 10.7. The van der Waals surface area contributed by atoms with Crippen molar-refractivity contribution in [3.05, 3.63) is 41.6 Å². The highest BCUT2D eigenvalue weighted by molar-refractivity contribution is 6.33. The molecular weight excluding hydrogens is 276 g/mol. The number of aromatic amines is 1. The van der Waals surface area contributed by atoms with Crippen LogP contribution in [0.3, 0.4) is 0 Å². The lowest BCUT2D eigenvalue weighted by atomic mass is 10.2. The molecule has 0 aliphatic rings. The largest absolute Gasteiger partial charge is 0.497 e. The van der Waals surface area contributed by atoms with Gasteiger partial charge in [0.2, 0.25) is 0 Å². The zero-order valence-electron chi connectivity index (χ0n) is 10.8. The van der Waals surface area contributed by atoms with Crippen LogP contribution >= 0.6 is 11.6 Å². The van der Waals surface area contributed by atoms with E-state index in [1.165, 1.54) is 0 Å². The molecule has 1 heterocycles. The number of hydrogen-bond acceptors (Lipinski definition) is 4. The van der Waals surface area contributed by atoms with Gasteiger partial charge < -0.3 is 15.8 Å². The number of nitrogens with zero attached hydrogens (tertiary/aromatic N) is 1. The Balaban J connectivity index is 2.02. The highest BCUT2D eigenvalue weighted by Crippen LogP contribution is 2.33. The molecular formula is C14H13ClN4O. The monoisotopic (exact) mass is 288 g/mol. The average Bonchev–Trinajstić information content (AvgIpc) is 2.88. The summed E-state index contributed by atoms with van der Waals surface area (Å²) in [4.78, 5) is 0. The Morgan fingerprint density at radius 1 is 1.25 bits per heavy atom. The summed E-state index contributed by atoms with van der Waals surface area (Å²) in [6, 6.07) is 9.14.